The maximum Gasteiger partial charge on any atom is 0.171 e. The molecule has 6 nitrogen and oxygen atoms in total. The molecule has 0 aliphatic rings. The van der Waals surface area contributed by atoms with Crippen molar-refractivity contribution < 1.29 is 13.9 Å². The molecule has 0 unspecified atom stereocenters. The van der Waals surface area contributed by atoms with Gasteiger partial charge in [-0.15, -0.1) is 10.2 Å². The Morgan fingerprint density at radius 2 is 1.67 bits per heavy atom. The molecule has 7 heteroatoms. The van der Waals surface area contributed by atoms with Crippen LogP contribution in [0.15, 0.2) is 42.7 Å². The van der Waals surface area contributed by atoms with Crippen LogP contribution < -0.4 is 9.47 Å². The Morgan fingerprint density at radius 3 is 2.38 bits per heavy atom. The first-order valence-corrected chi connectivity index (χ1v) is 7.22. The maximum atomic E-state index is 13.1. The molecule has 24 heavy (non-hydrogen) atoms. The number of ether oxygens (including phenoxy) is 2. The zero-order chi connectivity index (χ0) is 16.7. The van der Waals surface area contributed by atoms with Gasteiger partial charge in [-0.05, 0) is 30.3 Å². The van der Waals surface area contributed by atoms with E-state index in [0.717, 1.165) is 16.5 Å². The van der Waals surface area contributed by atoms with E-state index in [1.807, 2.05) is 6.07 Å². The summed E-state index contributed by atoms with van der Waals surface area (Å²) in [4.78, 5) is 4.44. The summed E-state index contributed by atoms with van der Waals surface area (Å²) in [6.45, 7) is 0. The molecule has 2 aromatic heterocycles. The second-order valence-electron chi connectivity index (χ2n) is 5.19. The van der Waals surface area contributed by atoms with Crippen LogP contribution in [-0.4, -0.2) is 33.8 Å². The van der Waals surface area contributed by atoms with Gasteiger partial charge >= 0.3 is 0 Å². The number of rotatable bonds is 3. The van der Waals surface area contributed by atoms with E-state index in [0.29, 0.717) is 23.0 Å². The lowest BCUT2D eigenvalue weighted by Crippen LogP contribution is -1.95. The highest BCUT2D eigenvalue weighted by atomic mass is 19.1. The molecular formula is C17H13FN4O2. The number of fused-ring (bicyclic) bond motifs is 3. The summed E-state index contributed by atoms with van der Waals surface area (Å²) in [7, 11) is 3.15. The summed E-state index contributed by atoms with van der Waals surface area (Å²) in [6, 6.07) is 9.70. The maximum absolute atomic E-state index is 13.1. The Bertz CT molecular complexity index is 1040. The van der Waals surface area contributed by atoms with Crippen molar-refractivity contribution in [3.05, 3.63) is 48.5 Å². The number of aromatic nitrogens is 4. The number of methoxy groups -OCH3 is 2. The predicted molar refractivity (Wildman–Crippen MR) is 86.8 cm³/mol. The molecule has 0 aliphatic heterocycles. The molecule has 120 valence electrons. The Morgan fingerprint density at radius 1 is 0.958 bits per heavy atom. The third-order valence-electron chi connectivity index (χ3n) is 3.85. The molecule has 0 bridgehead atoms. The van der Waals surface area contributed by atoms with E-state index in [-0.39, 0.29) is 5.82 Å². The number of halogens is 1. The van der Waals surface area contributed by atoms with Gasteiger partial charge in [0, 0.05) is 17.0 Å². The lowest BCUT2D eigenvalue weighted by molar-refractivity contribution is 0.356. The Labute approximate surface area is 136 Å². The first-order valence-electron chi connectivity index (χ1n) is 7.22. The van der Waals surface area contributed by atoms with Crippen LogP contribution in [0.3, 0.4) is 0 Å². The van der Waals surface area contributed by atoms with Crippen LogP contribution in [0.25, 0.3) is 27.9 Å². The Hall–Kier alpha value is -3.22. The molecule has 2 aromatic carbocycles. The third-order valence-corrected chi connectivity index (χ3v) is 3.85. The monoisotopic (exact) mass is 324 g/mol. The second kappa shape index (κ2) is 5.45. The SMILES string of the molecule is COc1cc2ncn3c(-c4ccc(F)cc4)nnc3c2cc1OC. The minimum Gasteiger partial charge on any atom is -0.493 e. The lowest BCUT2D eigenvalue weighted by atomic mass is 10.2. The minimum atomic E-state index is -0.298. The van der Waals surface area contributed by atoms with Gasteiger partial charge in [-0.3, -0.25) is 4.40 Å². The number of nitrogens with zero attached hydrogens (tertiary/aromatic N) is 4. The van der Waals surface area contributed by atoms with E-state index in [2.05, 4.69) is 15.2 Å². The minimum absolute atomic E-state index is 0.298. The van der Waals surface area contributed by atoms with Gasteiger partial charge in [0.15, 0.2) is 23.0 Å². The van der Waals surface area contributed by atoms with Gasteiger partial charge in [0.25, 0.3) is 0 Å². The average molecular weight is 324 g/mol. The zero-order valence-electron chi connectivity index (χ0n) is 13.0. The van der Waals surface area contributed by atoms with Crippen molar-refractivity contribution in [3.8, 4) is 22.9 Å². The van der Waals surface area contributed by atoms with Crippen molar-refractivity contribution in [1.82, 2.24) is 19.6 Å². The van der Waals surface area contributed by atoms with Crippen molar-refractivity contribution in [1.29, 1.82) is 0 Å². The van der Waals surface area contributed by atoms with Gasteiger partial charge in [0.2, 0.25) is 0 Å². The van der Waals surface area contributed by atoms with Gasteiger partial charge in [-0.2, -0.15) is 0 Å². The molecule has 0 saturated heterocycles. The van der Waals surface area contributed by atoms with Crippen molar-refractivity contribution in [2.45, 2.75) is 0 Å². The first kappa shape index (κ1) is 14.4. The van der Waals surface area contributed by atoms with Crippen LogP contribution in [0.4, 0.5) is 4.39 Å². The van der Waals surface area contributed by atoms with Crippen molar-refractivity contribution in [2.75, 3.05) is 14.2 Å². The quantitative estimate of drug-likeness (QED) is 0.579. The van der Waals surface area contributed by atoms with E-state index >= 15 is 0 Å². The fraction of sp³-hybridized carbons (Fsp3) is 0.118. The fourth-order valence-electron chi connectivity index (χ4n) is 2.65. The molecule has 0 amide bonds. The molecule has 0 saturated carbocycles. The van der Waals surface area contributed by atoms with Crippen molar-refractivity contribution in [2.24, 2.45) is 0 Å². The molecule has 2 heterocycles. The molecule has 0 N–H and O–H groups in total. The normalized spacial score (nSPS) is 11.1. The van der Waals surface area contributed by atoms with Gasteiger partial charge in [-0.25, -0.2) is 9.37 Å². The van der Waals surface area contributed by atoms with Crippen molar-refractivity contribution in [3.63, 3.8) is 0 Å². The summed E-state index contributed by atoms with van der Waals surface area (Å²) in [5.41, 5.74) is 2.11. The van der Waals surface area contributed by atoms with Crippen LogP contribution in [0.1, 0.15) is 0 Å². The summed E-state index contributed by atoms with van der Waals surface area (Å²) >= 11 is 0. The first-order chi connectivity index (χ1) is 11.7. The van der Waals surface area contributed by atoms with Crippen molar-refractivity contribution >= 4 is 16.6 Å². The molecular weight excluding hydrogens is 311 g/mol. The number of benzene rings is 2. The largest absolute Gasteiger partial charge is 0.493 e. The molecule has 0 spiro atoms. The number of hydrogen-bond donors (Lipinski definition) is 0. The predicted octanol–water partition coefficient (Wildman–Crippen LogP) is 3.10. The van der Waals surface area contributed by atoms with Gasteiger partial charge < -0.3 is 9.47 Å². The molecule has 0 fully saturated rings. The van der Waals surface area contributed by atoms with Crippen LogP contribution in [-0.2, 0) is 0 Å². The molecule has 0 aliphatic carbocycles. The Balaban J connectivity index is 1.98. The van der Waals surface area contributed by atoms with Crippen LogP contribution in [0.2, 0.25) is 0 Å². The van der Waals surface area contributed by atoms with Gasteiger partial charge in [0.05, 0.1) is 19.7 Å². The van der Waals surface area contributed by atoms with E-state index in [9.17, 15) is 4.39 Å². The summed E-state index contributed by atoms with van der Waals surface area (Å²) in [5.74, 6) is 1.48. The van der Waals surface area contributed by atoms with Gasteiger partial charge in [0.1, 0.15) is 12.1 Å². The topological polar surface area (TPSA) is 61.5 Å². The lowest BCUT2D eigenvalue weighted by Gasteiger charge is -2.09. The Kier molecular flexibility index (Phi) is 3.26. The zero-order valence-corrected chi connectivity index (χ0v) is 13.0. The van der Waals surface area contributed by atoms with E-state index in [1.54, 1.807) is 43.1 Å². The fourth-order valence-corrected chi connectivity index (χ4v) is 2.65. The summed E-state index contributed by atoms with van der Waals surface area (Å²) in [5, 5.41) is 9.27. The smallest absolute Gasteiger partial charge is 0.171 e. The summed E-state index contributed by atoms with van der Waals surface area (Å²) in [6.07, 6.45) is 1.64. The highest BCUT2D eigenvalue weighted by molar-refractivity contribution is 5.94. The van der Waals surface area contributed by atoms with Crippen LogP contribution in [0.5, 0.6) is 11.5 Å². The third kappa shape index (κ3) is 2.13. The van der Waals surface area contributed by atoms with E-state index in [4.69, 9.17) is 9.47 Å². The van der Waals surface area contributed by atoms with E-state index < -0.39 is 0 Å². The van der Waals surface area contributed by atoms with Gasteiger partial charge in [-0.1, -0.05) is 0 Å². The molecule has 0 atom stereocenters. The highest BCUT2D eigenvalue weighted by Gasteiger charge is 2.14. The second-order valence-corrected chi connectivity index (χ2v) is 5.19. The molecule has 0 radical (unpaired) electrons. The molecule has 4 aromatic rings. The molecule has 4 rings (SSSR count). The van der Waals surface area contributed by atoms with E-state index in [1.165, 1.54) is 12.1 Å². The number of hydrogen-bond acceptors (Lipinski definition) is 5. The highest BCUT2D eigenvalue weighted by Crippen LogP contribution is 2.33. The van der Waals surface area contributed by atoms with Crippen LogP contribution in [0, 0.1) is 5.82 Å². The summed E-state index contributed by atoms with van der Waals surface area (Å²) < 4.78 is 25.5. The van der Waals surface area contributed by atoms with Crippen LogP contribution >= 0.6 is 0 Å². The average Bonchev–Trinajstić information content (AvgIpc) is 3.05. The standard InChI is InChI=1S/C17H13FN4O2/c1-23-14-7-12-13(8-15(14)24-2)19-9-22-16(20-21-17(12)22)10-3-5-11(18)6-4-10/h3-9H,1-2H3.